The normalized spacial score (nSPS) is 13.4. The quantitative estimate of drug-likeness (QED) is 0.193. The van der Waals surface area contributed by atoms with Gasteiger partial charge in [0.05, 0.1) is 22.0 Å². The van der Waals surface area contributed by atoms with Crippen molar-refractivity contribution < 1.29 is 0 Å². The van der Waals surface area contributed by atoms with E-state index in [-0.39, 0.29) is 0 Å². The summed E-state index contributed by atoms with van der Waals surface area (Å²) in [7, 11) is 0. The van der Waals surface area contributed by atoms with Gasteiger partial charge in [-0.15, -0.1) is 0 Å². The summed E-state index contributed by atoms with van der Waals surface area (Å²) in [5.74, 6) is 0. The third-order valence-corrected chi connectivity index (χ3v) is 12.0. The summed E-state index contributed by atoms with van der Waals surface area (Å²) in [6.45, 7) is 0. The van der Waals surface area contributed by atoms with Gasteiger partial charge in [0, 0.05) is 48.9 Å². The van der Waals surface area contributed by atoms with Crippen LogP contribution in [0.1, 0.15) is 22.3 Å². The third-order valence-electron chi connectivity index (χ3n) is 12.0. The minimum Gasteiger partial charge on any atom is -0.354 e. The molecule has 1 aliphatic carbocycles. The number of H-pyrrole nitrogens is 1. The van der Waals surface area contributed by atoms with Gasteiger partial charge in [0.1, 0.15) is 0 Å². The zero-order valence-electron chi connectivity index (χ0n) is 28.8. The molecule has 0 spiro atoms. The van der Waals surface area contributed by atoms with Gasteiger partial charge in [-0.3, -0.25) is 0 Å². The summed E-state index contributed by atoms with van der Waals surface area (Å²) in [4.78, 5) is 3.83. The first kappa shape index (κ1) is 28.8. The monoisotopic (exact) mass is 672 g/mol. The molecule has 2 aromatic heterocycles. The molecule has 0 amide bonds. The maximum absolute atomic E-state index is 3.83. The van der Waals surface area contributed by atoms with Crippen LogP contribution in [0.25, 0.3) is 82.0 Å². The molecule has 12 rings (SSSR count). The van der Waals surface area contributed by atoms with Crippen LogP contribution in [-0.2, 0) is 5.41 Å². The Labute approximate surface area is 306 Å². The van der Waals surface area contributed by atoms with Gasteiger partial charge in [-0.25, -0.2) is 0 Å². The zero-order valence-corrected chi connectivity index (χ0v) is 28.8. The van der Waals surface area contributed by atoms with Crippen LogP contribution in [0.4, 0.5) is 0 Å². The molecule has 2 nitrogen and oxygen atoms in total. The molecule has 0 saturated heterocycles. The van der Waals surface area contributed by atoms with Crippen molar-refractivity contribution in [2.24, 2.45) is 0 Å². The highest BCUT2D eigenvalue weighted by Gasteiger charge is 2.45. The van der Waals surface area contributed by atoms with E-state index in [0.29, 0.717) is 0 Å². The Morgan fingerprint density at radius 2 is 0.962 bits per heavy atom. The minimum atomic E-state index is -0.441. The molecule has 0 saturated carbocycles. The van der Waals surface area contributed by atoms with Crippen LogP contribution in [0, 0.1) is 0 Å². The Kier molecular flexibility index (Phi) is 5.73. The highest BCUT2D eigenvalue weighted by molar-refractivity contribution is 6.38. The van der Waals surface area contributed by atoms with Crippen molar-refractivity contribution in [3.63, 3.8) is 0 Å². The summed E-state index contributed by atoms with van der Waals surface area (Å²) in [6.07, 6.45) is 0. The molecule has 0 fully saturated rings. The van der Waals surface area contributed by atoms with Crippen LogP contribution in [-0.4, -0.2) is 9.55 Å². The molecule has 0 atom stereocenters. The van der Waals surface area contributed by atoms with E-state index < -0.39 is 5.41 Å². The number of aromatic amines is 1. The molecule has 0 aliphatic heterocycles. The SMILES string of the molecule is c1ccc(C2(c3ccc(-n4c5c6ccccc6ccc5c5c6c7ccccc7[nH]c6c6ccccc6c54)cc3)c3ccccc3-c3ccccc32)cc1. The van der Waals surface area contributed by atoms with Crippen molar-refractivity contribution in [3.8, 4) is 16.8 Å². The van der Waals surface area contributed by atoms with Crippen LogP contribution in [0.15, 0.2) is 188 Å². The average molecular weight is 673 g/mol. The molecule has 0 unspecified atom stereocenters. The fourth-order valence-corrected chi connectivity index (χ4v) is 9.90. The fraction of sp³-hybridized carbons (Fsp3) is 0.0196. The number of fused-ring (bicyclic) bond motifs is 15. The van der Waals surface area contributed by atoms with Gasteiger partial charge >= 0.3 is 0 Å². The van der Waals surface area contributed by atoms with E-state index in [0.717, 1.165) is 11.2 Å². The van der Waals surface area contributed by atoms with Gasteiger partial charge in [0.25, 0.3) is 0 Å². The van der Waals surface area contributed by atoms with Crippen LogP contribution < -0.4 is 0 Å². The first-order valence-electron chi connectivity index (χ1n) is 18.5. The third kappa shape index (κ3) is 3.67. The molecule has 11 aromatic rings. The van der Waals surface area contributed by atoms with Gasteiger partial charge in [0.2, 0.25) is 0 Å². The zero-order chi connectivity index (χ0) is 34.7. The van der Waals surface area contributed by atoms with E-state index in [1.165, 1.54) is 93.0 Å². The van der Waals surface area contributed by atoms with E-state index in [1.807, 2.05) is 0 Å². The van der Waals surface area contributed by atoms with E-state index in [4.69, 9.17) is 0 Å². The van der Waals surface area contributed by atoms with Crippen molar-refractivity contribution in [3.05, 3.63) is 210 Å². The van der Waals surface area contributed by atoms with Gasteiger partial charge in [-0.05, 0) is 57.0 Å². The topological polar surface area (TPSA) is 20.7 Å². The Morgan fingerprint density at radius 3 is 1.72 bits per heavy atom. The second-order valence-electron chi connectivity index (χ2n) is 14.5. The summed E-state index contributed by atoms with van der Waals surface area (Å²) >= 11 is 0. The van der Waals surface area contributed by atoms with Gasteiger partial charge < -0.3 is 9.55 Å². The smallest absolute Gasteiger partial charge is 0.0713 e. The lowest BCUT2D eigenvalue weighted by Gasteiger charge is -2.34. The number of benzene rings is 9. The lowest BCUT2D eigenvalue weighted by atomic mass is 9.68. The Balaban J connectivity index is 1.22. The molecular formula is C51H32N2. The van der Waals surface area contributed by atoms with Crippen molar-refractivity contribution in [1.82, 2.24) is 9.55 Å². The van der Waals surface area contributed by atoms with Gasteiger partial charge in [0.15, 0.2) is 0 Å². The molecule has 0 radical (unpaired) electrons. The lowest BCUT2D eigenvalue weighted by molar-refractivity contribution is 0.768. The largest absolute Gasteiger partial charge is 0.354 e. The van der Waals surface area contributed by atoms with Crippen LogP contribution in [0.5, 0.6) is 0 Å². The molecule has 246 valence electrons. The van der Waals surface area contributed by atoms with Gasteiger partial charge in [-0.2, -0.15) is 0 Å². The van der Waals surface area contributed by atoms with E-state index in [2.05, 4.69) is 198 Å². The highest BCUT2D eigenvalue weighted by atomic mass is 15.0. The van der Waals surface area contributed by atoms with E-state index >= 15 is 0 Å². The summed E-state index contributed by atoms with van der Waals surface area (Å²) in [5, 5.41) is 10.1. The predicted molar refractivity (Wildman–Crippen MR) is 222 cm³/mol. The lowest BCUT2D eigenvalue weighted by Crippen LogP contribution is -2.28. The Hall–Kier alpha value is -6.90. The molecule has 2 heteroatoms. The molecule has 9 aromatic carbocycles. The maximum atomic E-state index is 3.83. The van der Waals surface area contributed by atoms with Crippen molar-refractivity contribution >= 4 is 65.2 Å². The highest BCUT2D eigenvalue weighted by Crippen LogP contribution is 2.56. The standard InChI is InChI=1S/C51H32N2/c1-2-15-33(16-3-1)51(43-23-11-8-18-37(43)38-19-9-12-24-44(38)51)34-27-29-35(30-28-34)53-49-36-17-5-4-14-32(36)26-31-42(49)47-46-41-22-10-13-25-45(41)52-48(46)39-20-6-7-21-40(39)50(47)53/h1-31,52H. The first-order valence-corrected chi connectivity index (χ1v) is 18.5. The summed E-state index contributed by atoms with van der Waals surface area (Å²) in [6, 6.07) is 69.6. The number of para-hydroxylation sites is 1. The number of hydrogen-bond acceptors (Lipinski definition) is 0. The Bertz CT molecular complexity index is 3220. The summed E-state index contributed by atoms with van der Waals surface area (Å²) < 4.78 is 2.55. The first-order chi connectivity index (χ1) is 26.3. The second kappa shape index (κ2) is 10.6. The van der Waals surface area contributed by atoms with Gasteiger partial charge in [-0.1, -0.05) is 170 Å². The predicted octanol–water partition coefficient (Wildman–Crippen LogP) is 13.1. The molecular weight excluding hydrogens is 641 g/mol. The molecule has 53 heavy (non-hydrogen) atoms. The average Bonchev–Trinajstić information content (AvgIpc) is 3.89. The maximum Gasteiger partial charge on any atom is 0.0713 e. The van der Waals surface area contributed by atoms with Crippen LogP contribution in [0.3, 0.4) is 0 Å². The molecule has 2 heterocycles. The number of rotatable bonds is 3. The number of hydrogen-bond donors (Lipinski definition) is 1. The van der Waals surface area contributed by atoms with E-state index in [1.54, 1.807) is 0 Å². The second-order valence-corrected chi connectivity index (χ2v) is 14.5. The molecule has 1 aliphatic rings. The molecule has 0 bridgehead atoms. The summed E-state index contributed by atoms with van der Waals surface area (Å²) in [5.41, 5.74) is 13.4. The van der Waals surface area contributed by atoms with Crippen molar-refractivity contribution in [2.75, 3.05) is 0 Å². The minimum absolute atomic E-state index is 0.441. The molecule has 1 N–H and O–H groups in total. The number of nitrogens with one attached hydrogen (secondary N) is 1. The van der Waals surface area contributed by atoms with Crippen molar-refractivity contribution in [1.29, 1.82) is 0 Å². The van der Waals surface area contributed by atoms with Crippen LogP contribution >= 0.6 is 0 Å². The number of nitrogens with zero attached hydrogens (tertiary/aromatic N) is 1. The fourth-order valence-electron chi connectivity index (χ4n) is 9.90. The Morgan fingerprint density at radius 1 is 0.377 bits per heavy atom. The van der Waals surface area contributed by atoms with Crippen LogP contribution in [0.2, 0.25) is 0 Å². The number of aromatic nitrogens is 2. The van der Waals surface area contributed by atoms with Crippen molar-refractivity contribution in [2.45, 2.75) is 5.41 Å². The van der Waals surface area contributed by atoms with E-state index in [9.17, 15) is 0 Å².